The Morgan fingerprint density at radius 3 is 2.24 bits per heavy atom. The molecule has 0 aliphatic rings. The highest BCUT2D eigenvalue weighted by molar-refractivity contribution is 6.32. The van der Waals surface area contributed by atoms with Crippen LogP contribution in [0.4, 0.5) is 0 Å². The van der Waals surface area contributed by atoms with Crippen LogP contribution in [0.5, 0.6) is 11.5 Å². The van der Waals surface area contributed by atoms with E-state index in [-0.39, 0.29) is 11.0 Å². The fraction of sp³-hybridized carbons (Fsp3) is 0.500. The minimum Gasteiger partial charge on any atom is -0.490 e. The number of hydrogen-bond acceptors (Lipinski definition) is 3. The van der Waals surface area contributed by atoms with Crippen molar-refractivity contribution in [3.8, 4) is 11.5 Å². The SMILES string of the molecule is CCOc1cc(CNC(C)(C)CC(C)(C)C)cc(Cl)c1OCc1ccccc1Cl. The molecule has 0 spiro atoms. The van der Waals surface area contributed by atoms with E-state index >= 15 is 0 Å². The van der Waals surface area contributed by atoms with E-state index in [0.717, 1.165) is 17.5 Å². The third kappa shape index (κ3) is 7.73. The van der Waals surface area contributed by atoms with Crippen LogP contribution in [-0.4, -0.2) is 12.1 Å². The maximum atomic E-state index is 6.57. The first-order chi connectivity index (χ1) is 13.5. The Labute approximate surface area is 185 Å². The first-order valence-electron chi connectivity index (χ1n) is 10.1. The molecule has 2 aromatic rings. The highest BCUT2D eigenvalue weighted by atomic mass is 35.5. The molecule has 1 N–H and O–H groups in total. The second-order valence-corrected chi connectivity index (χ2v) is 10.0. The first kappa shape index (κ1) is 23.9. The van der Waals surface area contributed by atoms with E-state index in [2.05, 4.69) is 39.9 Å². The highest BCUT2D eigenvalue weighted by Gasteiger charge is 2.25. The molecule has 0 atom stereocenters. The standard InChI is InChI=1S/C24H33Cl2NO2/c1-7-28-21-13-17(14-27-24(5,6)16-23(2,3)4)12-20(26)22(21)29-15-18-10-8-9-11-19(18)25/h8-13,27H,7,14-16H2,1-6H3. The minimum atomic E-state index is 0.00966. The van der Waals surface area contributed by atoms with E-state index in [1.165, 1.54) is 0 Å². The molecule has 0 amide bonds. The maximum Gasteiger partial charge on any atom is 0.180 e. The predicted molar refractivity (Wildman–Crippen MR) is 123 cm³/mol. The fourth-order valence-electron chi connectivity index (χ4n) is 3.62. The summed E-state index contributed by atoms with van der Waals surface area (Å²) in [6.45, 7) is 14.7. The number of ether oxygens (including phenoxy) is 2. The Balaban J connectivity index is 2.15. The Hall–Kier alpha value is -1.42. The normalized spacial score (nSPS) is 12.1. The summed E-state index contributed by atoms with van der Waals surface area (Å²) in [5.74, 6) is 1.20. The largest absolute Gasteiger partial charge is 0.490 e. The summed E-state index contributed by atoms with van der Waals surface area (Å²) in [7, 11) is 0. The molecular weight excluding hydrogens is 405 g/mol. The fourth-order valence-corrected chi connectivity index (χ4v) is 4.10. The molecule has 5 heteroatoms. The average molecular weight is 438 g/mol. The lowest BCUT2D eigenvalue weighted by atomic mass is 9.82. The lowest BCUT2D eigenvalue weighted by Crippen LogP contribution is -2.41. The van der Waals surface area contributed by atoms with Crippen molar-refractivity contribution >= 4 is 23.2 Å². The van der Waals surface area contributed by atoms with Gasteiger partial charge in [0.1, 0.15) is 6.61 Å². The Kier molecular flexibility index (Phi) is 8.28. The molecule has 0 saturated heterocycles. The third-order valence-electron chi connectivity index (χ3n) is 4.44. The smallest absolute Gasteiger partial charge is 0.180 e. The van der Waals surface area contributed by atoms with Crippen molar-refractivity contribution in [2.75, 3.05) is 6.61 Å². The lowest BCUT2D eigenvalue weighted by Gasteiger charge is -2.33. The van der Waals surface area contributed by atoms with Gasteiger partial charge in [0.15, 0.2) is 11.5 Å². The molecule has 0 aromatic heterocycles. The topological polar surface area (TPSA) is 30.5 Å². The number of rotatable bonds is 9. The summed E-state index contributed by atoms with van der Waals surface area (Å²) in [6, 6.07) is 11.5. The molecule has 29 heavy (non-hydrogen) atoms. The van der Waals surface area contributed by atoms with Crippen LogP contribution in [0.1, 0.15) is 59.1 Å². The van der Waals surface area contributed by atoms with Crippen molar-refractivity contribution in [1.82, 2.24) is 5.32 Å². The second kappa shape index (κ2) is 10.1. The molecule has 160 valence electrons. The zero-order valence-electron chi connectivity index (χ0n) is 18.4. The van der Waals surface area contributed by atoms with Gasteiger partial charge in [-0.2, -0.15) is 0 Å². The van der Waals surface area contributed by atoms with Gasteiger partial charge in [0.25, 0.3) is 0 Å². The zero-order chi connectivity index (χ0) is 21.7. The predicted octanol–water partition coefficient (Wildman–Crippen LogP) is 7.28. The van der Waals surface area contributed by atoms with Gasteiger partial charge in [-0.3, -0.25) is 0 Å². The lowest BCUT2D eigenvalue weighted by molar-refractivity contribution is 0.240. The van der Waals surface area contributed by atoms with Crippen LogP contribution in [0.15, 0.2) is 36.4 Å². The molecule has 0 saturated carbocycles. The van der Waals surface area contributed by atoms with E-state index in [0.29, 0.717) is 41.3 Å². The number of hydrogen-bond donors (Lipinski definition) is 1. The van der Waals surface area contributed by atoms with Crippen LogP contribution >= 0.6 is 23.2 Å². The number of halogens is 2. The van der Waals surface area contributed by atoms with Gasteiger partial charge in [-0.1, -0.05) is 62.2 Å². The highest BCUT2D eigenvalue weighted by Crippen LogP contribution is 2.38. The zero-order valence-corrected chi connectivity index (χ0v) is 19.9. The van der Waals surface area contributed by atoms with Gasteiger partial charge in [0, 0.05) is 22.7 Å². The first-order valence-corrected chi connectivity index (χ1v) is 10.8. The monoisotopic (exact) mass is 437 g/mol. The van der Waals surface area contributed by atoms with Crippen LogP contribution < -0.4 is 14.8 Å². The van der Waals surface area contributed by atoms with E-state index in [1.54, 1.807) is 0 Å². The minimum absolute atomic E-state index is 0.00966. The summed E-state index contributed by atoms with van der Waals surface area (Å²) < 4.78 is 11.8. The third-order valence-corrected chi connectivity index (χ3v) is 5.09. The quantitative estimate of drug-likeness (QED) is 0.446. The maximum absolute atomic E-state index is 6.57. The van der Waals surface area contributed by atoms with Gasteiger partial charge in [-0.15, -0.1) is 0 Å². The van der Waals surface area contributed by atoms with Crippen molar-refractivity contribution in [2.24, 2.45) is 5.41 Å². The van der Waals surface area contributed by atoms with E-state index in [9.17, 15) is 0 Å². The van der Waals surface area contributed by atoms with Crippen LogP contribution in [0.3, 0.4) is 0 Å². The van der Waals surface area contributed by atoms with Gasteiger partial charge < -0.3 is 14.8 Å². The molecule has 0 bridgehead atoms. The van der Waals surface area contributed by atoms with Gasteiger partial charge in [0.05, 0.1) is 11.6 Å². The Morgan fingerprint density at radius 2 is 1.62 bits per heavy atom. The van der Waals surface area contributed by atoms with Crippen molar-refractivity contribution in [2.45, 2.75) is 66.7 Å². The molecule has 3 nitrogen and oxygen atoms in total. The van der Waals surface area contributed by atoms with Crippen LogP contribution in [0.25, 0.3) is 0 Å². The van der Waals surface area contributed by atoms with Gasteiger partial charge in [-0.05, 0) is 56.4 Å². The summed E-state index contributed by atoms with van der Waals surface area (Å²) in [4.78, 5) is 0. The summed E-state index contributed by atoms with van der Waals surface area (Å²) in [6.07, 6.45) is 1.06. The average Bonchev–Trinajstić information content (AvgIpc) is 2.59. The summed E-state index contributed by atoms with van der Waals surface area (Å²) in [5.41, 5.74) is 2.23. The molecule has 0 heterocycles. The molecule has 0 fully saturated rings. The number of benzene rings is 2. The molecule has 2 rings (SSSR count). The van der Waals surface area contributed by atoms with E-state index in [4.69, 9.17) is 32.7 Å². The molecule has 0 aliphatic carbocycles. The summed E-state index contributed by atoms with van der Waals surface area (Å²) in [5, 5.41) is 4.85. The molecular formula is C24H33Cl2NO2. The Morgan fingerprint density at radius 1 is 0.931 bits per heavy atom. The van der Waals surface area contributed by atoms with Crippen LogP contribution in [0, 0.1) is 5.41 Å². The second-order valence-electron chi connectivity index (χ2n) is 9.19. The molecule has 0 aliphatic heterocycles. The van der Waals surface area contributed by atoms with Gasteiger partial charge in [0.2, 0.25) is 0 Å². The van der Waals surface area contributed by atoms with Crippen molar-refractivity contribution in [1.29, 1.82) is 0 Å². The Bertz CT molecular complexity index is 813. The van der Waals surface area contributed by atoms with Crippen molar-refractivity contribution in [3.05, 3.63) is 57.6 Å². The van der Waals surface area contributed by atoms with E-state index < -0.39 is 0 Å². The van der Waals surface area contributed by atoms with E-state index in [1.807, 2.05) is 43.3 Å². The molecule has 0 unspecified atom stereocenters. The van der Waals surface area contributed by atoms with Crippen molar-refractivity contribution < 1.29 is 9.47 Å². The molecule has 2 aromatic carbocycles. The summed E-state index contributed by atoms with van der Waals surface area (Å²) >= 11 is 12.8. The van der Waals surface area contributed by atoms with Crippen molar-refractivity contribution in [3.63, 3.8) is 0 Å². The molecule has 0 radical (unpaired) electrons. The van der Waals surface area contributed by atoms with Crippen LogP contribution in [0.2, 0.25) is 10.0 Å². The van der Waals surface area contributed by atoms with Crippen LogP contribution in [-0.2, 0) is 13.2 Å². The number of nitrogens with one attached hydrogen (secondary N) is 1. The van der Waals surface area contributed by atoms with Gasteiger partial charge >= 0.3 is 0 Å². The van der Waals surface area contributed by atoms with Gasteiger partial charge in [-0.25, -0.2) is 0 Å².